The number of aromatic amines is 1. The fourth-order valence-corrected chi connectivity index (χ4v) is 1.48. The monoisotopic (exact) mass is 188 g/mol. The number of hydrogen-bond donors (Lipinski definition) is 2. The van der Waals surface area contributed by atoms with Gasteiger partial charge in [0.2, 0.25) is 0 Å². The highest BCUT2D eigenvalue weighted by Crippen LogP contribution is 2.24. The molecule has 14 heavy (non-hydrogen) atoms. The third-order valence-corrected chi connectivity index (χ3v) is 2.36. The van der Waals surface area contributed by atoms with Gasteiger partial charge in [-0.25, -0.2) is 4.98 Å². The second-order valence-corrected chi connectivity index (χ2v) is 3.32. The molecule has 0 amide bonds. The Hall–Kier alpha value is -1.77. The molecule has 0 saturated carbocycles. The van der Waals surface area contributed by atoms with E-state index >= 15 is 0 Å². The summed E-state index contributed by atoms with van der Waals surface area (Å²) >= 11 is 0. The number of phenolic OH excluding ortho intramolecular Hbond substituents is 1. The van der Waals surface area contributed by atoms with E-state index in [1.165, 1.54) is 0 Å². The van der Waals surface area contributed by atoms with Gasteiger partial charge in [0.05, 0.1) is 6.33 Å². The standard InChI is InChI=1S/C11H12N2O/c1-8(11-6-12-7-13-11)9-3-2-4-10(14)5-9/h2-8,14H,1H3,(H,12,13)/t8-/m1/s1. The van der Waals surface area contributed by atoms with Gasteiger partial charge in [-0.05, 0) is 17.7 Å². The van der Waals surface area contributed by atoms with Crippen LogP contribution in [0.3, 0.4) is 0 Å². The molecule has 1 aromatic carbocycles. The Bertz CT molecular complexity index is 409. The van der Waals surface area contributed by atoms with Crippen LogP contribution in [0.5, 0.6) is 5.75 Å². The van der Waals surface area contributed by atoms with Gasteiger partial charge in [-0.1, -0.05) is 19.1 Å². The van der Waals surface area contributed by atoms with Crippen molar-refractivity contribution < 1.29 is 5.11 Å². The minimum atomic E-state index is 0.226. The van der Waals surface area contributed by atoms with E-state index in [2.05, 4.69) is 16.9 Å². The molecule has 0 aliphatic heterocycles. The average Bonchev–Trinajstić information content (AvgIpc) is 2.69. The molecule has 2 N–H and O–H groups in total. The first-order valence-corrected chi connectivity index (χ1v) is 4.54. The number of hydrogen-bond acceptors (Lipinski definition) is 2. The van der Waals surface area contributed by atoms with Crippen LogP contribution in [0.25, 0.3) is 0 Å². The zero-order chi connectivity index (χ0) is 9.97. The van der Waals surface area contributed by atoms with E-state index < -0.39 is 0 Å². The zero-order valence-electron chi connectivity index (χ0n) is 7.94. The van der Waals surface area contributed by atoms with Gasteiger partial charge in [0.25, 0.3) is 0 Å². The Morgan fingerprint density at radius 2 is 2.29 bits per heavy atom. The maximum absolute atomic E-state index is 9.33. The van der Waals surface area contributed by atoms with Crippen LogP contribution < -0.4 is 0 Å². The molecule has 2 rings (SSSR count). The fraction of sp³-hybridized carbons (Fsp3) is 0.182. The number of imidazole rings is 1. The van der Waals surface area contributed by atoms with E-state index in [4.69, 9.17) is 0 Å². The Morgan fingerprint density at radius 3 is 2.93 bits per heavy atom. The molecular formula is C11H12N2O. The number of H-pyrrole nitrogens is 1. The van der Waals surface area contributed by atoms with Gasteiger partial charge in [-0.15, -0.1) is 0 Å². The van der Waals surface area contributed by atoms with Crippen molar-refractivity contribution in [3.05, 3.63) is 48.0 Å². The van der Waals surface area contributed by atoms with E-state index in [0.717, 1.165) is 11.3 Å². The molecule has 0 spiro atoms. The van der Waals surface area contributed by atoms with Crippen molar-refractivity contribution in [1.82, 2.24) is 9.97 Å². The first-order chi connectivity index (χ1) is 6.77. The third kappa shape index (κ3) is 1.62. The highest BCUT2D eigenvalue weighted by molar-refractivity contribution is 5.33. The number of phenols is 1. The highest BCUT2D eigenvalue weighted by atomic mass is 16.3. The van der Waals surface area contributed by atoms with Crippen molar-refractivity contribution >= 4 is 0 Å². The molecule has 0 fully saturated rings. The lowest BCUT2D eigenvalue weighted by Gasteiger charge is -2.09. The van der Waals surface area contributed by atoms with Crippen LogP contribution in [0.1, 0.15) is 24.1 Å². The lowest BCUT2D eigenvalue weighted by atomic mass is 9.98. The second kappa shape index (κ2) is 3.54. The van der Waals surface area contributed by atoms with Gasteiger partial charge in [-0.3, -0.25) is 0 Å². The summed E-state index contributed by atoms with van der Waals surface area (Å²) in [4.78, 5) is 7.04. The lowest BCUT2D eigenvalue weighted by molar-refractivity contribution is 0.474. The van der Waals surface area contributed by atoms with Gasteiger partial charge in [-0.2, -0.15) is 0 Å². The number of benzene rings is 1. The third-order valence-electron chi connectivity index (χ3n) is 2.36. The molecular weight excluding hydrogens is 176 g/mol. The van der Waals surface area contributed by atoms with Gasteiger partial charge >= 0.3 is 0 Å². The molecule has 0 saturated heterocycles. The summed E-state index contributed by atoms with van der Waals surface area (Å²) in [6.45, 7) is 2.07. The Balaban J connectivity index is 2.32. The van der Waals surface area contributed by atoms with Crippen molar-refractivity contribution in [2.75, 3.05) is 0 Å². The summed E-state index contributed by atoms with van der Waals surface area (Å²) < 4.78 is 0. The fourth-order valence-electron chi connectivity index (χ4n) is 1.48. The molecule has 0 unspecified atom stereocenters. The molecule has 1 heterocycles. The van der Waals surface area contributed by atoms with Crippen LogP contribution in [-0.2, 0) is 0 Å². The quantitative estimate of drug-likeness (QED) is 0.759. The topological polar surface area (TPSA) is 48.9 Å². The first kappa shape index (κ1) is 8.81. The summed E-state index contributed by atoms with van der Waals surface area (Å²) in [6, 6.07) is 7.28. The summed E-state index contributed by atoms with van der Waals surface area (Å²) in [5.74, 6) is 0.526. The van der Waals surface area contributed by atoms with Crippen molar-refractivity contribution in [3.63, 3.8) is 0 Å². The Morgan fingerprint density at radius 1 is 1.43 bits per heavy atom. The molecule has 2 aromatic rings. The van der Waals surface area contributed by atoms with Gasteiger partial charge in [0.15, 0.2) is 0 Å². The number of aromatic nitrogens is 2. The maximum atomic E-state index is 9.33. The summed E-state index contributed by atoms with van der Waals surface area (Å²) in [5, 5.41) is 9.33. The van der Waals surface area contributed by atoms with Crippen LogP contribution in [0.2, 0.25) is 0 Å². The number of nitrogens with zero attached hydrogens (tertiary/aromatic N) is 1. The van der Waals surface area contributed by atoms with Gasteiger partial charge < -0.3 is 10.1 Å². The molecule has 3 nitrogen and oxygen atoms in total. The smallest absolute Gasteiger partial charge is 0.115 e. The number of aromatic hydroxyl groups is 1. The van der Waals surface area contributed by atoms with E-state index in [0.29, 0.717) is 5.75 Å². The summed E-state index contributed by atoms with van der Waals surface area (Å²) in [5.41, 5.74) is 2.13. The van der Waals surface area contributed by atoms with E-state index in [1.54, 1.807) is 24.7 Å². The minimum Gasteiger partial charge on any atom is -0.508 e. The molecule has 0 bridgehead atoms. The van der Waals surface area contributed by atoms with Crippen LogP contribution in [0.4, 0.5) is 0 Å². The molecule has 0 aliphatic carbocycles. The minimum absolute atomic E-state index is 0.226. The largest absolute Gasteiger partial charge is 0.508 e. The molecule has 1 atom stereocenters. The van der Waals surface area contributed by atoms with E-state index in [1.807, 2.05) is 12.1 Å². The number of nitrogens with one attached hydrogen (secondary N) is 1. The highest BCUT2D eigenvalue weighted by Gasteiger charge is 2.09. The zero-order valence-corrected chi connectivity index (χ0v) is 7.94. The molecule has 0 aliphatic rings. The van der Waals surface area contributed by atoms with Crippen molar-refractivity contribution in [2.45, 2.75) is 12.8 Å². The SMILES string of the molecule is C[C@H](c1cccc(O)c1)c1cnc[nH]1. The van der Waals surface area contributed by atoms with Crippen LogP contribution >= 0.6 is 0 Å². The van der Waals surface area contributed by atoms with Crippen LogP contribution in [0, 0.1) is 0 Å². The summed E-state index contributed by atoms with van der Waals surface area (Å²) in [6.07, 6.45) is 3.46. The van der Waals surface area contributed by atoms with Crippen molar-refractivity contribution in [1.29, 1.82) is 0 Å². The predicted molar refractivity (Wildman–Crippen MR) is 54.2 cm³/mol. The Kier molecular flexibility index (Phi) is 2.23. The first-order valence-electron chi connectivity index (χ1n) is 4.54. The predicted octanol–water partition coefficient (Wildman–Crippen LogP) is 2.27. The number of rotatable bonds is 2. The Labute approximate surface area is 82.4 Å². The van der Waals surface area contributed by atoms with Crippen molar-refractivity contribution in [2.24, 2.45) is 0 Å². The van der Waals surface area contributed by atoms with E-state index in [-0.39, 0.29) is 5.92 Å². The van der Waals surface area contributed by atoms with Crippen LogP contribution in [-0.4, -0.2) is 15.1 Å². The average molecular weight is 188 g/mol. The maximum Gasteiger partial charge on any atom is 0.115 e. The summed E-state index contributed by atoms with van der Waals surface area (Å²) in [7, 11) is 0. The van der Waals surface area contributed by atoms with Crippen molar-refractivity contribution in [3.8, 4) is 5.75 Å². The van der Waals surface area contributed by atoms with Gasteiger partial charge in [0.1, 0.15) is 5.75 Å². The normalized spacial score (nSPS) is 12.6. The molecule has 0 radical (unpaired) electrons. The van der Waals surface area contributed by atoms with Crippen LogP contribution in [0.15, 0.2) is 36.8 Å². The molecule has 3 heteroatoms. The second-order valence-electron chi connectivity index (χ2n) is 3.32. The molecule has 1 aromatic heterocycles. The van der Waals surface area contributed by atoms with E-state index in [9.17, 15) is 5.11 Å². The lowest BCUT2D eigenvalue weighted by Crippen LogP contribution is -1.95. The van der Waals surface area contributed by atoms with Gasteiger partial charge in [0, 0.05) is 17.8 Å². The molecule has 72 valence electrons.